The van der Waals surface area contributed by atoms with Crippen LogP contribution in [0.4, 0.5) is 10.1 Å². The molecule has 0 unspecified atom stereocenters. The molecule has 0 aliphatic rings. The summed E-state index contributed by atoms with van der Waals surface area (Å²) >= 11 is 9.19. The molecule has 0 radical (unpaired) electrons. The van der Waals surface area contributed by atoms with E-state index in [1.807, 2.05) is 0 Å². The molecule has 22 heavy (non-hydrogen) atoms. The van der Waals surface area contributed by atoms with E-state index in [0.717, 1.165) is 0 Å². The minimum Gasteiger partial charge on any atom is -0.319 e. The Kier molecular flexibility index (Phi) is 4.04. The molecule has 0 fully saturated rings. The van der Waals surface area contributed by atoms with Crippen LogP contribution in [-0.4, -0.2) is 15.9 Å². The van der Waals surface area contributed by atoms with Crippen molar-refractivity contribution in [2.75, 3.05) is 5.32 Å². The summed E-state index contributed by atoms with van der Waals surface area (Å²) < 4.78 is 14.3. The zero-order valence-electron chi connectivity index (χ0n) is 11.0. The predicted molar refractivity (Wildman–Crippen MR) is 86.6 cm³/mol. The number of benzene rings is 1. The molecule has 0 atom stereocenters. The molecular weight excluding hydrogens is 373 g/mol. The summed E-state index contributed by atoms with van der Waals surface area (Å²) in [5.74, 6) is -1.36. The zero-order valence-corrected chi connectivity index (χ0v) is 13.3. The second-order valence-electron chi connectivity index (χ2n) is 4.43. The molecule has 3 rings (SSSR count). The fourth-order valence-corrected chi connectivity index (χ4v) is 2.52. The van der Waals surface area contributed by atoms with E-state index in [2.05, 4.69) is 31.2 Å². The van der Waals surface area contributed by atoms with Crippen molar-refractivity contribution in [3.63, 3.8) is 0 Å². The fourth-order valence-electron chi connectivity index (χ4n) is 2.00. The number of rotatable bonds is 2. The number of hydrogen-bond acceptors (Lipinski definition) is 3. The van der Waals surface area contributed by atoms with E-state index in [1.54, 1.807) is 30.5 Å². The SMILES string of the molecule is O=C(Nc1ccc(Cl)c2cccnc12)c1ncc(Br)cc1F. The van der Waals surface area contributed by atoms with Crippen LogP contribution in [0.1, 0.15) is 10.5 Å². The average molecular weight is 381 g/mol. The standard InChI is InChI=1S/C15H8BrClFN3O/c16-8-6-11(18)14(20-7-8)15(22)21-12-4-3-10(17)9-2-1-5-19-13(9)12/h1-7H,(H,21,22). The second-order valence-corrected chi connectivity index (χ2v) is 5.76. The van der Waals surface area contributed by atoms with Crippen molar-refractivity contribution in [1.29, 1.82) is 0 Å². The highest BCUT2D eigenvalue weighted by Gasteiger charge is 2.16. The smallest absolute Gasteiger partial charge is 0.277 e. The lowest BCUT2D eigenvalue weighted by Crippen LogP contribution is -2.16. The Labute approximate surface area is 138 Å². The minimum absolute atomic E-state index is 0.290. The summed E-state index contributed by atoms with van der Waals surface area (Å²) in [7, 11) is 0. The molecule has 4 nitrogen and oxygen atoms in total. The monoisotopic (exact) mass is 379 g/mol. The molecule has 0 aliphatic heterocycles. The van der Waals surface area contributed by atoms with Gasteiger partial charge in [0.1, 0.15) is 0 Å². The van der Waals surface area contributed by atoms with Crippen LogP contribution in [0.2, 0.25) is 5.02 Å². The Bertz CT molecular complexity index is 888. The predicted octanol–water partition coefficient (Wildman–Crippen LogP) is 4.44. The maximum atomic E-state index is 13.8. The molecule has 1 N–H and O–H groups in total. The van der Waals surface area contributed by atoms with E-state index in [1.165, 1.54) is 12.3 Å². The molecule has 3 aromatic rings. The Morgan fingerprint density at radius 3 is 2.86 bits per heavy atom. The first kappa shape index (κ1) is 14.9. The number of aromatic nitrogens is 2. The van der Waals surface area contributed by atoms with Gasteiger partial charge >= 0.3 is 0 Å². The van der Waals surface area contributed by atoms with Crippen LogP contribution in [0.15, 0.2) is 47.2 Å². The van der Waals surface area contributed by atoms with Crippen LogP contribution in [0.25, 0.3) is 10.9 Å². The number of carbonyl (C=O) groups is 1. The lowest BCUT2D eigenvalue weighted by atomic mass is 10.2. The van der Waals surface area contributed by atoms with Crippen molar-refractivity contribution in [3.05, 3.63) is 63.7 Å². The van der Waals surface area contributed by atoms with Crippen LogP contribution < -0.4 is 5.32 Å². The van der Waals surface area contributed by atoms with Crippen molar-refractivity contribution < 1.29 is 9.18 Å². The van der Waals surface area contributed by atoms with Gasteiger partial charge in [0.25, 0.3) is 5.91 Å². The summed E-state index contributed by atoms with van der Waals surface area (Å²) in [5, 5.41) is 3.83. The number of carbonyl (C=O) groups excluding carboxylic acids is 1. The van der Waals surface area contributed by atoms with Gasteiger partial charge in [-0.05, 0) is 46.3 Å². The van der Waals surface area contributed by atoms with E-state index in [0.29, 0.717) is 26.1 Å². The Hall–Kier alpha value is -2.05. The van der Waals surface area contributed by atoms with Gasteiger partial charge in [-0.1, -0.05) is 11.6 Å². The molecule has 110 valence electrons. The zero-order chi connectivity index (χ0) is 15.7. The first-order chi connectivity index (χ1) is 10.6. The molecule has 1 amide bonds. The summed E-state index contributed by atoms with van der Waals surface area (Å²) in [5.41, 5.74) is 0.678. The number of nitrogens with zero attached hydrogens (tertiary/aromatic N) is 2. The van der Waals surface area contributed by atoms with Crippen LogP contribution in [0, 0.1) is 5.82 Å². The first-order valence-electron chi connectivity index (χ1n) is 6.22. The highest BCUT2D eigenvalue weighted by molar-refractivity contribution is 9.10. The van der Waals surface area contributed by atoms with Crippen LogP contribution >= 0.6 is 27.5 Å². The van der Waals surface area contributed by atoms with E-state index in [4.69, 9.17) is 11.6 Å². The van der Waals surface area contributed by atoms with Gasteiger partial charge < -0.3 is 5.32 Å². The van der Waals surface area contributed by atoms with Gasteiger partial charge in [-0.25, -0.2) is 9.37 Å². The average Bonchev–Trinajstić information content (AvgIpc) is 2.50. The topological polar surface area (TPSA) is 54.9 Å². The van der Waals surface area contributed by atoms with Crippen LogP contribution in [0.3, 0.4) is 0 Å². The molecule has 0 aliphatic carbocycles. The lowest BCUT2D eigenvalue weighted by molar-refractivity contribution is 0.101. The van der Waals surface area contributed by atoms with E-state index >= 15 is 0 Å². The number of amides is 1. The Morgan fingerprint density at radius 1 is 1.27 bits per heavy atom. The molecule has 0 saturated heterocycles. The Morgan fingerprint density at radius 2 is 2.09 bits per heavy atom. The third-order valence-electron chi connectivity index (χ3n) is 2.99. The third-order valence-corrected chi connectivity index (χ3v) is 3.75. The van der Waals surface area contributed by atoms with E-state index in [-0.39, 0.29) is 5.69 Å². The maximum absolute atomic E-state index is 13.8. The normalized spacial score (nSPS) is 10.7. The highest BCUT2D eigenvalue weighted by atomic mass is 79.9. The molecule has 0 saturated carbocycles. The molecule has 7 heteroatoms. The number of pyridine rings is 2. The van der Waals surface area contributed by atoms with Gasteiger partial charge in [-0.3, -0.25) is 9.78 Å². The van der Waals surface area contributed by atoms with Crippen LogP contribution in [0.5, 0.6) is 0 Å². The van der Waals surface area contributed by atoms with E-state index < -0.39 is 11.7 Å². The van der Waals surface area contributed by atoms with Crippen molar-refractivity contribution in [3.8, 4) is 0 Å². The number of nitrogens with one attached hydrogen (secondary N) is 1. The molecule has 2 heterocycles. The van der Waals surface area contributed by atoms with E-state index in [9.17, 15) is 9.18 Å². The highest BCUT2D eigenvalue weighted by Crippen LogP contribution is 2.28. The number of fused-ring (bicyclic) bond motifs is 1. The third kappa shape index (κ3) is 2.80. The van der Waals surface area contributed by atoms with Gasteiger partial charge in [0.2, 0.25) is 0 Å². The molecule has 0 spiro atoms. The van der Waals surface area contributed by atoms with Gasteiger partial charge in [0.05, 0.1) is 16.2 Å². The summed E-state index contributed by atoms with van der Waals surface area (Å²) in [6, 6.07) is 7.98. The van der Waals surface area contributed by atoms with Crippen molar-refractivity contribution >= 4 is 50.0 Å². The van der Waals surface area contributed by atoms with Crippen molar-refractivity contribution in [2.45, 2.75) is 0 Å². The minimum atomic E-state index is -0.710. The number of halogens is 3. The first-order valence-corrected chi connectivity index (χ1v) is 7.39. The maximum Gasteiger partial charge on any atom is 0.277 e. The summed E-state index contributed by atoms with van der Waals surface area (Å²) in [6.07, 6.45) is 2.95. The van der Waals surface area contributed by atoms with Gasteiger partial charge in [0, 0.05) is 22.3 Å². The van der Waals surface area contributed by atoms with Gasteiger partial charge in [-0.2, -0.15) is 0 Å². The lowest BCUT2D eigenvalue weighted by Gasteiger charge is -2.09. The van der Waals surface area contributed by atoms with Gasteiger partial charge in [-0.15, -0.1) is 0 Å². The largest absolute Gasteiger partial charge is 0.319 e. The molecule has 0 bridgehead atoms. The fraction of sp³-hybridized carbons (Fsp3) is 0. The second kappa shape index (κ2) is 5.98. The van der Waals surface area contributed by atoms with Gasteiger partial charge in [0.15, 0.2) is 11.5 Å². The number of hydrogen-bond donors (Lipinski definition) is 1. The molecular formula is C15H8BrClFN3O. The summed E-state index contributed by atoms with van der Waals surface area (Å²) in [4.78, 5) is 20.2. The van der Waals surface area contributed by atoms with Crippen molar-refractivity contribution in [2.24, 2.45) is 0 Å². The summed E-state index contributed by atoms with van der Waals surface area (Å²) in [6.45, 7) is 0. The number of anilines is 1. The molecule has 2 aromatic heterocycles. The van der Waals surface area contributed by atoms with Crippen molar-refractivity contribution in [1.82, 2.24) is 9.97 Å². The quantitative estimate of drug-likeness (QED) is 0.715. The van der Waals surface area contributed by atoms with Crippen LogP contribution in [-0.2, 0) is 0 Å². The molecule has 1 aromatic carbocycles. The Balaban J connectivity index is 2.00.